The number of hydrogen-bond acceptors (Lipinski definition) is 4. The Labute approximate surface area is 167 Å². The fourth-order valence-electron chi connectivity index (χ4n) is 2.76. The molecule has 0 aromatic heterocycles. The second-order valence-electron chi connectivity index (χ2n) is 6.12. The number of aliphatic hydroxyl groups is 1. The SMILES string of the molecule is C=CCCCCCC[N+](CO)(CCCC(=O)[O-])CCCC(=O)O.[Na+]. The number of carboxylic acid groups (broad SMARTS) is 2. The third-order valence-electron chi connectivity index (χ3n) is 4.13. The van der Waals surface area contributed by atoms with Crippen LogP contribution in [0.2, 0.25) is 0 Å². The van der Waals surface area contributed by atoms with Crippen LogP contribution in [-0.2, 0) is 9.59 Å². The zero-order valence-corrected chi connectivity index (χ0v) is 17.0. The van der Waals surface area contributed by atoms with Crippen LogP contribution in [0.1, 0.15) is 57.8 Å². The molecule has 0 bridgehead atoms. The van der Waals surface area contributed by atoms with Gasteiger partial charge in [-0.2, -0.15) is 0 Å². The summed E-state index contributed by atoms with van der Waals surface area (Å²) in [6, 6.07) is 0. The van der Waals surface area contributed by atoms with E-state index in [0.29, 0.717) is 30.4 Å². The summed E-state index contributed by atoms with van der Waals surface area (Å²) >= 11 is 0. The van der Waals surface area contributed by atoms with Crippen LogP contribution in [0, 0.1) is 0 Å². The summed E-state index contributed by atoms with van der Waals surface area (Å²) in [6.07, 6.45) is 8.06. The molecular formula is C17H31NNaO5+. The zero-order chi connectivity index (χ0) is 17.6. The number of unbranched alkanes of at least 4 members (excludes halogenated alkanes) is 4. The van der Waals surface area contributed by atoms with Crippen molar-refractivity contribution in [3.05, 3.63) is 12.7 Å². The summed E-state index contributed by atoms with van der Waals surface area (Å²) in [5, 5.41) is 29.1. The Morgan fingerprint density at radius 3 is 2.00 bits per heavy atom. The van der Waals surface area contributed by atoms with Crippen LogP contribution in [0.5, 0.6) is 0 Å². The molecule has 6 nitrogen and oxygen atoms in total. The van der Waals surface area contributed by atoms with Gasteiger partial charge in [0.2, 0.25) is 0 Å². The molecule has 0 spiro atoms. The first-order chi connectivity index (χ1) is 11.0. The molecule has 0 saturated heterocycles. The standard InChI is InChI=1S/C17H31NO5.Na/c1-2-3-4-5-6-7-12-18(15-19,13-8-10-16(20)21)14-9-11-17(22)23;/h2,19H,1,3-15H2,(H-,20,21,22,23);/q;+1. The summed E-state index contributed by atoms with van der Waals surface area (Å²) < 4.78 is 0.377. The van der Waals surface area contributed by atoms with Crippen molar-refractivity contribution in [2.45, 2.75) is 57.8 Å². The van der Waals surface area contributed by atoms with Crippen LogP contribution < -0.4 is 34.7 Å². The molecular weight excluding hydrogens is 321 g/mol. The number of aliphatic carboxylic acids is 2. The van der Waals surface area contributed by atoms with Gasteiger partial charge < -0.3 is 24.6 Å². The Kier molecular flexibility index (Phi) is 17.3. The molecule has 0 amide bonds. The van der Waals surface area contributed by atoms with Crippen molar-refractivity contribution < 1.29 is 58.9 Å². The monoisotopic (exact) mass is 352 g/mol. The van der Waals surface area contributed by atoms with Crippen molar-refractivity contribution in [3.63, 3.8) is 0 Å². The van der Waals surface area contributed by atoms with E-state index in [4.69, 9.17) is 5.11 Å². The largest absolute Gasteiger partial charge is 1.00 e. The molecule has 0 aliphatic rings. The molecule has 0 aromatic carbocycles. The van der Waals surface area contributed by atoms with Crippen LogP contribution in [0.15, 0.2) is 12.7 Å². The summed E-state index contributed by atoms with van der Waals surface area (Å²) in [4.78, 5) is 21.2. The first kappa shape index (κ1) is 25.8. The first-order valence-corrected chi connectivity index (χ1v) is 8.44. The molecule has 1 unspecified atom stereocenters. The Morgan fingerprint density at radius 1 is 0.958 bits per heavy atom. The van der Waals surface area contributed by atoms with Gasteiger partial charge in [0.05, 0.1) is 26.1 Å². The van der Waals surface area contributed by atoms with Crippen molar-refractivity contribution in [3.8, 4) is 0 Å². The van der Waals surface area contributed by atoms with E-state index >= 15 is 0 Å². The predicted octanol–water partition coefficient (Wildman–Crippen LogP) is -1.71. The topological polar surface area (TPSA) is 97.7 Å². The fraction of sp³-hybridized carbons (Fsp3) is 0.765. The van der Waals surface area contributed by atoms with Gasteiger partial charge in [-0.25, -0.2) is 0 Å². The fourth-order valence-corrected chi connectivity index (χ4v) is 2.76. The van der Waals surface area contributed by atoms with Crippen molar-refractivity contribution in [2.75, 3.05) is 26.4 Å². The summed E-state index contributed by atoms with van der Waals surface area (Å²) in [5.41, 5.74) is 0. The summed E-state index contributed by atoms with van der Waals surface area (Å²) in [5.74, 6) is -1.93. The first-order valence-electron chi connectivity index (χ1n) is 8.44. The normalized spacial score (nSPS) is 12.9. The number of hydrogen-bond donors (Lipinski definition) is 2. The van der Waals surface area contributed by atoms with Crippen LogP contribution in [0.25, 0.3) is 0 Å². The van der Waals surface area contributed by atoms with Gasteiger partial charge in [-0.1, -0.05) is 12.5 Å². The van der Waals surface area contributed by atoms with E-state index in [9.17, 15) is 19.8 Å². The number of aliphatic hydroxyl groups excluding tert-OH is 1. The Balaban J connectivity index is 0. The molecule has 2 N–H and O–H groups in total. The molecule has 0 heterocycles. The molecule has 1 atom stereocenters. The number of carbonyl (C=O) groups excluding carboxylic acids is 1. The minimum absolute atomic E-state index is 0. The van der Waals surface area contributed by atoms with E-state index in [1.807, 2.05) is 6.08 Å². The van der Waals surface area contributed by atoms with Gasteiger partial charge in [-0.05, 0) is 32.1 Å². The van der Waals surface area contributed by atoms with E-state index < -0.39 is 11.9 Å². The van der Waals surface area contributed by atoms with Crippen molar-refractivity contribution in [1.82, 2.24) is 0 Å². The van der Waals surface area contributed by atoms with Gasteiger partial charge in [0.25, 0.3) is 0 Å². The van der Waals surface area contributed by atoms with Crippen molar-refractivity contribution >= 4 is 11.9 Å². The van der Waals surface area contributed by atoms with Gasteiger partial charge in [-0.15, -0.1) is 6.58 Å². The number of nitrogens with zero attached hydrogens (tertiary/aromatic N) is 1. The number of quaternary nitrogens is 1. The predicted molar refractivity (Wildman–Crippen MR) is 86.3 cm³/mol. The Hall–Kier alpha value is -0.400. The molecule has 0 aliphatic carbocycles. The smallest absolute Gasteiger partial charge is 0.550 e. The third kappa shape index (κ3) is 14.0. The molecule has 0 fully saturated rings. The van der Waals surface area contributed by atoms with E-state index in [1.54, 1.807) is 0 Å². The molecule has 0 radical (unpaired) electrons. The average Bonchev–Trinajstić information content (AvgIpc) is 2.49. The maximum atomic E-state index is 10.7. The molecule has 24 heavy (non-hydrogen) atoms. The number of allylic oxidation sites excluding steroid dienone is 1. The van der Waals surface area contributed by atoms with Crippen molar-refractivity contribution in [1.29, 1.82) is 0 Å². The van der Waals surface area contributed by atoms with Crippen LogP contribution in [0.3, 0.4) is 0 Å². The minimum atomic E-state index is -1.09. The van der Waals surface area contributed by atoms with Gasteiger partial charge in [0.1, 0.15) is 0 Å². The molecule has 0 aromatic rings. The van der Waals surface area contributed by atoms with E-state index in [0.717, 1.165) is 38.6 Å². The average molecular weight is 352 g/mol. The molecule has 7 heteroatoms. The second kappa shape index (κ2) is 16.1. The Bertz CT molecular complexity index is 343. The number of rotatable bonds is 16. The van der Waals surface area contributed by atoms with Gasteiger partial charge in [0.15, 0.2) is 6.73 Å². The third-order valence-corrected chi connectivity index (χ3v) is 4.13. The maximum absolute atomic E-state index is 10.7. The molecule has 134 valence electrons. The van der Waals surface area contributed by atoms with Gasteiger partial charge in [0, 0.05) is 18.8 Å². The second-order valence-corrected chi connectivity index (χ2v) is 6.12. The van der Waals surface area contributed by atoms with Crippen LogP contribution in [-0.4, -0.2) is 53.0 Å². The van der Waals surface area contributed by atoms with Crippen LogP contribution >= 0.6 is 0 Å². The number of carbonyl (C=O) groups is 2. The zero-order valence-electron chi connectivity index (χ0n) is 15.0. The summed E-state index contributed by atoms with van der Waals surface area (Å²) in [6.45, 7) is 5.45. The molecule has 0 aliphatic heterocycles. The number of carboxylic acids is 2. The van der Waals surface area contributed by atoms with E-state index in [-0.39, 0.29) is 49.1 Å². The maximum Gasteiger partial charge on any atom is 1.00 e. The van der Waals surface area contributed by atoms with Gasteiger partial charge in [-0.3, -0.25) is 4.79 Å². The van der Waals surface area contributed by atoms with Gasteiger partial charge >= 0.3 is 35.5 Å². The van der Waals surface area contributed by atoms with Crippen molar-refractivity contribution in [2.24, 2.45) is 0 Å². The molecule has 0 saturated carbocycles. The molecule has 0 rings (SSSR count). The Morgan fingerprint density at radius 2 is 1.50 bits per heavy atom. The van der Waals surface area contributed by atoms with E-state index in [1.165, 1.54) is 0 Å². The van der Waals surface area contributed by atoms with E-state index in [2.05, 4.69) is 6.58 Å². The van der Waals surface area contributed by atoms with Crippen LogP contribution in [0.4, 0.5) is 0 Å². The minimum Gasteiger partial charge on any atom is -0.550 e. The summed E-state index contributed by atoms with van der Waals surface area (Å²) in [7, 11) is 0. The quantitative estimate of drug-likeness (QED) is 0.113.